The van der Waals surface area contributed by atoms with Gasteiger partial charge in [-0.2, -0.15) is 0 Å². The van der Waals surface area contributed by atoms with E-state index in [4.69, 9.17) is 23.2 Å². The predicted molar refractivity (Wildman–Crippen MR) is 84.6 cm³/mol. The molecule has 0 unspecified atom stereocenters. The molecule has 0 amide bonds. The van der Waals surface area contributed by atoms with Gasteiger partial charge in [-0.1, -0.05) is 53.5 Å². The third-order valence-corrected chi connectivity index (χ3v) is 3.22. The molecule has 2 nitrogen and oxygen atoms in total. The van der Waals surface area contributed by atoms with E-state index in [2.05, 4.69) is 5.32 Å². The monoisotopic (exact) mass is 305 g/mol. The lowest BCUT2D eigenvalue weighted by Gasteiger charge is -2.08. The van der Waals surface area contributed by atoms with Gasteiger partial charge in [0, 0.05) is 22.4 Å². The molecule has 4 heteroatoms. The van der Waals surface area contributed by atoms with E-state index >= 15 is 0 Å². The highest BCUT2D eigenvalue weighted by atomic mass is 35.5. The second-order valence-corrected chi connectivity index (χ2v) is 5.15. The molecule has 0 bridgehead atoms. The van der Waals surface area contributed by atoms with Crippen molar-refractivity contribution in [2.24, 2.45) is 0 Å². The number of anilines is 1. The number of carbonyl (C=O) groups is 1. The van der Waals surface area contributed by atoms with Crippen LogP contribution in [0.1, 0.15) is 17.3 Å². The fourth-order valence-electron chi connectivity index (χ4n) is 1.72. The highest BCUT2D eigenvalue weighted by Crippen LogP contribution is 2.26. The van der Waals surface area contributed by atoms with Crippen LogP contribution >= 0.6 is 23.2 Å². The van der Waals surface area contributed by atoms with Crippen molar-refractivity contribution in [2.45, 2.75) is 6.92 Å². The van der Waals surface area contributed by atoms with E-state index in [1.807, 2.05) is 25.1 Å². The molecule has 0 heterocycles. The first kappa shape index (κ1) is 14.6. The minimum Gasteiger partial charge on any atom is -0.358 e. The second kappa shape index (κ2) is 6.60. The van der Waals surface area contributed by atoms with E-state index in [-0.39, 0.29) is 5.78 Å². The van der Waals surface area contributed by atoms with Crippen molar-refractivity contribution in [3.8, 4) is 0 Å². The van der Waals surface area contributed by atoms with Crippen molar-refractivity contribution >= 4 is 34.7 Å². The van der Waals surface area contributed by atoms with Crippen molar-refractivity contribution in [3.63, 3.8) is 0 Å². The molecule has 0 aromatic heterocycles. The molecule has 0 fully saturated rings. The van der Waals surface area contributed by atoms with E-state index < -0.39 is 0 Å². The van der Waals surface area contributed by atoms with Crippen LogP contribution < -0.4 is 5.32 Å². The van der Waals surface area contributed by atoms with Crippen LogP contribution in [0, 0.1) is 0 Å². The topological polar surface area (TPSA) is 29.1 Å². The van der Waals surface area contributed by atoms with Crippen LogP contribution in [0.5, 0.6) is 0 Å². The van der Waals surface area contributed by atoms with Gasteiger partial charge < -0.3 is 5.32 Å². The van der Waals surface area contributed by atoms with Crippen LogP contribution in [0.3, 0.4) is 0 Å². The maximum absolute atomic E-state index is 12.0. The molecule has 2 aromatic rings. The smallest absolute Gasteiger partial charge is 0.187 e. The molecule has 0 aliphatic heterocycles. The summed E-state index contributed by atoms with van der Waals surface area (Å²) < 4.78 is 0. The number of carbonyl (C=O) groups excluding carboxylic acids is 1. The zero-order valence-corrected chi connectivity index (χ0v) is 12.4. The van der Waals surface area contributed by atoms with Crippen molar-refractivity contribution in [1.29, 1.82) is 0 Å². The number of allylic oxidation sites excluding steroid dienone is 2. The van der Waals surface area contributed by atoms with Gasteiger partial charge in [-0.3, -0.25) is 4.79 Å². The van der Waals surface area contributed by atoms with E-state index in [1.165, 1.54) is 0 Å². The number of nitrogens with one attached hydrogen (secondary N) is 1. The molecule has 102 valence electrons. The molecule has 2 rings (SSSR count). The maximum atomic E-state index is 12.0. The minimum absolute atomic E-state index is 0.0549. The fraction of sp³-hybridized carbons (Fsp3) is 0.0625. The summed E-state index contributed by atoms with van der Waals surface area (Å²) in [6.45, 7) is 1.81. The molecule has 0 spiro atoms. The van der Waals surface area contributed by atoms with Crippen LogP contribution in [0.25, 0.3) is 0 Å². The fourth-order valence-corrected chi connectivity index (χ4v) is 2.18. The van der Waals surface area contributed by atoms with Crippen molar-refractivity contribution in [2.75, 3.05) is 5.32 Å². The van der Waals surface area contributed by atoms with E-state index in [9.17, 15) is 4.79 Å². The van der Waals surface area contributed by atoms with Gasteiger partial charge in [0.15, 0.2) is 5.78 Å². The van der Waals surface area contributed by atoms with Crippen LogP contribution in [0.2, 0.25) is 10.0 Å². The third-order valence-electron chi connectivity index (χ3n) is 2.67. The van der Waals surface area contributed by atoms with Crippen LogP contribution in [0.4, 0.5) is 5.69 Å². The van der Waals surface area contributed by atoms with Crippen LogP contribution in [-0.2, 0) is 0 Å². The summed E-state index contributed by atoms with van der Waals surface area (Å²) in [5, 5.41) is 4.17. The number of rotatable bonds is 4. The summed E-state index contributed by atoms with van der Waals surface area (Å²) in [7, 11) is 0. The Labute approximate surface area is 128 Å². The summed E-state index contributed by atoms with van der Waals surface area (Å²) >= 11 is 11.9. The lowest BCUT2D eigenvalue weighted by molar-refractivity contribution is 0.104. The number of halogens is 2. The first-order chi connectivity index (χ1) is 9.56. The molecule has 0 aliphatic carbocycles. The van der Waals surface area contributed by atoms with Crippen LogP contribution in [-0.4, -0.2) is 5.78 Å². The summed E-state index contributed by atoms with van der Waals surface area (Å²) in [6.07, 6.45) is 1.54. The molecule has 0 saturated carbocycles. The zero-order valence-electron chi connectivity index (χ0n) is 10.9. The van der Waals surface area contributed by atoms with Crippen LogP contribution in [0.15, 0.2) is 60.3 Å². The van der Waals surface area contributed by atoms with Gasteiger partial charge in [0.05, 0.1) is 10.7 Å². The van der Waals surface area contributed by atoms with Crippen molar-refractivity contribution in [3.05, 3.63) is 75.9 Å². The molecular formula is C16H13Cl2NO. The van der Waals surface area contributed by atoms with Gasteiger partial charge in [-0.05, 0) is 25.1 Å². The number of benzene rings is 2. The van der Waals surface area contributed by atoms with Gasteiger partial charge >= 0.3 is 0 Å². The average molecular weight is 306 g/mol. The SMILES string of the molecule is C/C(=C\C(=O)c1ccccc1)Nc1ccc(Cl)cc1Cl. The van der Waals surface area contributed by atoms with E-state index in [1.54, 1.807) is 36.4 Å². The number of ketones is 1. The Hall–Kier alpha value is -1.77. The molecule has 20 heavy (non-hydrogen) atoms. The van der Waals surface area contributed by atoms with E-state index in [0.29, 0.717) is 27.0 Å². The standard InChI is InChI=1S/C16H13Cl2NO/c1-11(9-16(20)12-5-3-2-4-6-12)19-15-8-7-13(17)10-14(15)18/h2-10,19H,1H3/b11-9+. The third kappa shape index (κ3) is 3.86. The molecular weight excluding hydrogens is 293 g/mol. The number of hydrogen-bond acceptors (Lipinski definition) is 2. The van der Waals surface area contributed by atoms with Gasteiger partial charge in [-0.15, -0.1) is 0 Å². The minimum atomic E-state index is -0.0549. The molecule has 0 saturated heterocycles. The lowest BCUT2D eigenvalue weighted by Crippen LogP contribution is -2.01. The Morgan fingerprint density at radius 2 is 1.80 bits per heavy atom. The number of hydrogen-bond donors (Lipinski definition) is 1. The summed E-state index contributed by atoms with van der Waals surface area (Å²) in [4.78, 5) is 12.0. The van der Waals surface area contributed by atoms with Gasteiger partial charge in [0.2, 0.25) is 0 Å². The molecule has 0 aliphatic rings. The Balaban J connectivity index is 2.13. The second-order valence-electron chi connectivity index (χ2n) is 4.31. The lowest BCUT2D eigenvalue weighted by atomic mass is 10.1. The maximum Gasteiger partial charge on any atom is 0.187 e. The van der Waals surface area contributed by atoms with E-state index in [0.717, 1.165) is 0 Å². The molecule has 0 atom stereocenters. The summed E-state index contributed by atoms with van der Waals surface area (Å²) in [6, 6.07) is 14.3. The summed E-state index contributed by atoms with van der Waals surface area (Å²) in [5.41, 5.74) is 2.07. The van der Waals surface area contributed by atoms with Gasteiger partial charge in [0.25, 0.3) is 0 Å². The Morgan fingerprint density at radius 1 is 1.10 bits per heavy atom. The van der Waals surface area contributed by atoms with Crippen molar-refractivity contribution in [1.82, 2.24) is 0 Å². The molecule has 0 radical (unpaired) electrons. The molecule has 1 N–H and O–H groups in total. The Morgan fingerprint density at radius 3 is 2.45 bits per heavy atom. The summed E-state index contributed by atoms with van der Waals surface area (Å²) in [5.74, 6) is -0.0549. The highest BCUT2D eigenvalue weighted by Gasteiger charge is 2.04. The quantitative estimate of drug-likeness (QED) is 0.622. The average Bonchev–Trinajstić information content (AvgIpc) is 2.43. The Kier molecular flexibility index (Phi) is 4.83. The highest BCUT2D eigenvalue weighted by molar-refractivity contribution is 6.36. The van der Waals surface area contributed by atoms with Gasteiger partial charge in [-0.25, -0.2) is 0 Å². The first-order valence-electron chi connectivity index (χ1n) is 6.06. The zero-order chi connectivity index (χ0) is 14.5. The first-order valence-corrected chi connectivity index (χ1v) is 6.81. The van der Waals surface area contributed by atoms with Crippen molar-refractivity contribution < 1.29 is 4.79 Å². The largest absolute Gasteiger partial charge is 0.358 e. The van der Waals surface area contributed by atoms with Gasteiger partial charge in [0.1, 0.15) is 0 Å². The normalized spacial score (nSPS) is 11.2. The predicted octanol–water partition coefficient (Wildman–Crippen LogP) is 5.19. The molecule has 2 aromatic carbocycles. The Bertz CT molecular complexity index is 651.